The number of piperazine rings is 1. The molecule has 0 radical (unpaired) electrons. The molecule has 2 aromatic rings. The second kappa shape index (κ2) is 8.17. The monoisotopic (exact) mass is 432 g/mol. The molecule has 3 aliphatic rings. The molecule has 0 spiro atoms. The summed E-state index contributed by atoms with van der Waals surface area (Å²) < 4.78 is 0. The lowest BCUT2D eigenvalue weighted by atomic mass is 9.98. The first-order chi connectivity index (χ1) is 15.4. The number of nitrogens with zero attached hydrogens (tertiary/aromatic N) is 2. The van der Waals surface area contributed by atoms with Crippen LogP contribution in [0.2, 0.25) is 0 Å². The van der Waals surface area contributed by atoms with E-state index in [1.54, 1.807) is 9.80 Å². The molecule has 1 aliphatic heterocycles. The van der Waals surface area contributed by atoms with Gasteiger partial charge in [0.05, 0.1) is 0 Å². The zero-order valence-electron chi connectivity index (χ0n) is 18.1. The highest BCUT2D eigenvalue weighted by Crippen LogP contribution is 2.37. The van der Waals surface area contributed by atoms with Crippen LogP contribution in [-0.2, 0) is 4.79 Å². The molecule has 2 amide bonds. The summed E-state index contributed by atoms with van der Waals surface area (Å²) in [7, 11) is 0. The molecule has 1 heterocycles. The van der Waals surface area contributed by atoms with Gasteiger partial charge in [0.1, 0.15) is 5.60 Å². The van der Waals surface area contributed by atoms with Crippen LogP contribution in [0.4, 0.5) is 0 Å². The Morgan fingerprint density at radius 1 is 0.844 bits per heavy atom. The number of carbonyl (C=O) groups excluding carboxylic acids is 3. The van der Waals surface area contributed by atoms with Crippen LogP contribution in [0.5, 0.6) is 0 Å². The van der Waals surface area contributed by atoms with Crippen LogP contribution in [0, 0.1) is 5.92 Å². The number of ketones is 1. The van der Waals surface area contributed by atoms with Crippen molar-refractivity contribution in [2.45, 2.75) is 37.7 Å². The molecule has 0 bridgehead atoms. The first-order valence-electron chi connectivity index (χ1n) is 11.5. The minimum Gasteiger partial charge on any atom is -0.380 e. The quantitative estimate of drug-likeness (QED) is 0.712. The predicted molar refractivity (Wildman–Crippen MR) is 120 cm³/mol. The van der Waals surface area contributed by atoms with Gasteiger partial charge in [-0.15, -0.1) is 0 Å². The summed E-state index contributed by atoms with van der Waals surface area (Å²) in [5.74, 6) is 0.511. The van der Waals surface area contributed by atoms with E-state index in [4.69, 9.17) is 0 Å². The second-order valence-corrected chi connectivity index (χ2v) is 9.34. The van der Waals surface area contributed by atoms with Gasteiger partial charge in [-0.1, -0.05) is 30.3 Å². The van der Waals surface area contributed by atoms with Gasteiger partial charge in [-0.2, -0.15) is 0 Å². The average molecular weight is 433 g/mol. The summed E-state index contributed by atoms with van der Waals surface area (Å²) in [5.41, 5.74) is 2.14. The van der Waals surface area contributed by atoms with Crippen molar-refractivity contribution in [3.05, 3.63) is 59.7 Å². The van der Waals surface area contributed by atoms with Crippen molar-refractivity contribution in [2.24, 2.45) is 5.92 Å². The third-order valence-corrected chi connectivity index (χ3v) is 6.80. The van der Waals surface area contributed by atoms with E-state index in [2.05, 4.69) is 0 Å². The standard InChI is InChI=1S/C26H28N2O4/c29-23(16-18-4-5-18)22-3-1-2-21(17-22)19-6-8-20(9-7-19)24(30)27-12-14-28(15-13-27)25(31)26(32)10-11-26/h1-3,6-9,17-18,32H,4-5,10-16H2. The number of Topliss-reactive ketones (excluding diaryl/α,β-unsaturated/α-hetero) is 1. The van der Waals surface area contributed by atoms with Crippen LogP contribution in [0.15, 0.2) is 48.5 Å². The lowest BCUT2D eigenvalue weighted by molar-refractivity contribution is -0.143. The number of hydrogen-bond donors (Lipinski definition) is 1. The van der Waals surface area contributed by atoms with Crippen molar-refractivity contribution < 1.29 is 19.5 Å². The van der Waals surface area contributed by atoms with Gasteiger partial charge < -0.3 is 14.9 Å². The molecule has 6 heteroatoms. The third kappa shape index (κ3) is 4.32. The Balaban J connectivity index is 1.21. The number of benzene rings is 2. The van der Waals surface area contributed by atoms with Crippen LogP contribution in [0.3, 0.4) is 0 Å². The maximum Gasteiger partial charge on any atom is 0.254 e. The molecule has 1 saturated heterocycles. The maximum absolute atomic E-state index is 12.9. The first kappa shape index (κ1) is 20.9. The molecular weight excluding hydrogens is 404 g/mol. The molecule has 6 nitrogen and oxygen atoms in total. The molecule has 2 saturated carbocycles. The lowest BCUT2D eigenvalue weighted by Crippen LogP contribution is -2.53. The van der Waals surface area contributed by atoms with E-state index in [1.165, 1.54) is 0 Å². The number of hydrogen-bond acceptors (Lipinski definition) is 4. The summed E-state index contributed by atoms with van der Waals surface area (Å²) in [6.45, 7) is 1.83. The smallest absolute Gasteiger partial charge is 0.254 e. The van der Waals surface area contributed by atoms with Crippen LogP contribution in [0.25, 0.3) is 11.1 Å². The first-order valence-corrected chi connectivity index (χ1v) is 11.5. The summed E-state index contributed by atoms with van der Waals surface area (Å²) >= 11 is 0. The van der Waals surface area contributed by atoms with E-state index in [0.29, 0.717) is 56.9 Å². The molecule has 3 fully saturated rings. The highest BCUT2D eigenvalue weighted by atomic mass is 16.3. The topological polar surface area (TPSA) is 77.9 Å². The van der Waals surface area contributed by atoms with Gasteiger partial charge in [-0.3, -0.25) is 14.4 Å². The molecule has 0 atom stereocenters. The van der Waals surface area contributed by atoms with Crippen molar-refractivity contribution in [3.8, 4) is 11.1 Å². The molecule has 0 unspecified atom stereocenters. The highest BCUT2D eigenvalue weighted by molar-refractivity contribution is 5.98. The summed E-state index contributed by atoms with van der Waals surface area (Å²) in [6.07, 6.45) is 4.03. The predicted octanol–water partition coefficient (Wildman–Crippen LogP) is 3.15. The molecule has 1 N–H and O–H groups in total. The fourth-order valence-electron chi connectivity index (χ4n) is 4.30. The van der Waals surface area contributed by atoms with E-state index < -0.39 is 5.60 Å². The number of rotatable bonds is 6. The second-order valence-electron chi connectivity index (χ2n) is 9.34. The Hall–Kier alpha value is -2.99. The normalized spacial score (nSPS) is 19.5. The van der Waals surface area contributed by atoms with Crippen LogP contribution >= 0.6 is 0 Å². The molecule has 5 rings (SSSR count). The van der Waals surface area contributed by atoms with E-state index in [1.807, 2.05) is 48.5 Å². The Bertz CT molecular complexity index is 1050. The Kier molecular flexibility index (Phi) is 5.33. The van der Waals surface area contributed by atoms with Gasteiger partial charge in [0.15, 0.2) is 5.78 Å². The van der Waals surface area contributed by atoms with Gasteiger partial charge in [0.25, 0.3) is 11.8 Å². The molecular formula is C26H28N2O4. The van der Waals surface area contributed by atoms with Gasteiger partial charge in [-0.05, 0) is 60.9 Å². The fraction of sp³-hybridized carbons (Fsp3) is 0.423. The van der Waals surface area contributed by atoms with Crippen LogP contribution in [-0.4, -0.2) is 64.3 Å². The largest absolute Gasteiger partial charge is 0.380 e. The number of aliphatic hydroxyl groups is 1. The lowest BCUT2D eigenvalue weighted by Gasteiger charge is -2.35. The van der Waals surface area contributed by atoms with Crippen molar-refractivity contribution >= 4 is 17.6 Å². The Labute approximate surface area is 187 Å². The molecule has 0 aromatic heterocycles. The van der Waals surface area contributed by atoms with Gasteiger partial charge in [0, 0.05) is 43.7 Å². The average Bonchev–Trinajstić information content (AvgIpc) is 3.77. The van der Waals surface area contributed by atoms with Crippen molar-refractivity contribution in [1.29, 1.82) is 0 Å². The van der Waals surface area contributed by atoms with Gasteiger partial charge in [-0.25, -0.2) is 0 Å². The van der Waals surface area contributed by atoms with Crippen LogP contribution in [0.1, 0.15) is 52.8 Å². The summed E-state index contributed by atoms with van der Waals surface area (Å²) in [6, 6.07) is 15.2. The van der Waals surface area contributed by atoms with Crippen molar-refractivity contribution in [2.75, 3.05) is 26.2 Å². The number of carbonyl (C=O) groups is 3. The van der Waals surface area contributed by atoms with E-state index in [9.17, 15) is 19.5 Å². The minimum absolute atomic E-state index is 0.0536. The zero-order valence-corrected chi connectivity index (χ0v) is 18.1. The van der Waals surface area contributed by atoms with Gasteiger partial charge >= 0.3 is 0 Å². The van der Waals surface area contributed by atoms with Gasteiger partial charge in [0.2, 0.25) is 0 Å². The van der Waals surface area contributed by atoms with E-state index >= 15 is 0 Å². The third-order valence-electron chi connectivity index (χ3n) is 6.80. The number of amides is 2. The SMILES string of the molecule is O=C(CC1CC1)c1cccc(-c2ccc(C(=O)N3CCN(C(=O)C4(O)CC4)CC3)cc2)c1. The van der Waals surface area contributed by atoms with E-state index in [0.717, 1.165) is 29.5 Å². The molecule has 2 aliphatic carbocycles. The maximum atomic E-state index is 12.9. The molecule has 32 heavy (non-hydrogen) atoms. The Morgan fingerprint density at radius 3 is 2.12 bits per heavy atom. The molecule has 166 valence electrons. The minimum atomic E-state index is -1.15. The van der Waals surface area contributed by atoms with Crippen molar-refractivity contribution in [1.82, 2.24) is 9.80 Å². The fourth-order valence-corrected chi connectivity index (χ4v) is 4.30. The zero-order chi connectivity index (χ0) is 22.3. The molecule has 2 aromatic carbocycles. The summed E-state index contributed by atoms with van der Waals surface area (Å²) in [4.78, 5) is 41.0. The summed E-state index contributed by atoms with van der Waals surface area (Å²) in [5, 5.41) is 10.0. The highest BCUT2D eigenvalue weighted by Gasteiger charge is 2.50. The Morgan fingerprint density at radius 2 is 1.50 bits per heavy atom. The van der Waals surface area contributed by atoms with E-state index in [-0.39, 0.29) is 17.6 Å². The van der Waals surface area contributed by atoms with Crippen LogP contribution < -0.4 is 0 Å². The van der Waals surface area contributed by atoms with Crippen molar-refractivity contribution in [3.63, 3.8) is 0 Å².